The van der Waals surface area contributed by atoms with E-state index in [4.69, 9.17) is 9.47 Å². The van der Waals surface area contributed by atoms with E-state index in [1.807, 2.05) is 23.1 Å². The van der Waals surface area contributed by atoms with Gasteiger partial charge < -0.3 is 19.3 Å². The fourth-order valence-electron chi connectivity index (χ4n) is 5.85. The number of hydrogen-bond acceptors (Lipinski definition) is 5. The minimum atomic E-state index is -0.122. The average molecular weight is 416 g/mol. The normalized spacial score (nSPS) is 25.8. The van der Waals surface area contributed by atoms with Gasteiger partial charge in [-0.1, -0.05) is 6.07 Å². The van der Waals surface area contributed by atoms with Gasteiger partial charge in [-0.15, -0.1) is 0 Å². The predicted octanol–water partition coefficient (Wildman–Crippen LogP) is 1.73. The molecule has 0 unspecified atom stereocenters. The third-order valence-electron chi connectivity index (χ3n) is 7.37. The molecule has 0 N–H and O–H groups in total. The van der Waals surface area contributed by atoms with E-state index in [0.717, 1.165) is 39.0 Å². The van der Waals surface area contributed by atoms with Crippen molar-refractivity contribution in [1.82, 2.24) is 14.7 Å². The SMILES string of the molecule is CCN1C(=O)[C@H]2CN(CCOC)C[C@H]2C12CCN(C(=O)c1cccc(OC)c1)CC2. The van der Waals surface area contributed by atoms with Gasteiger partial charge in [-0.05, 0) is 38.0 Å². The molecule has 0 bridgehead atoms. The number of ether oxygens (including phenoxy) is 2. The summed E-state index contributed by atoms with van der Waals surface area (Å²) in [7, 11) is 3.33. The number of benzene rings is 1. The number of piperidine rings is 1. The van der Waals surface area contributed by atoms with Crippen molar-refractivity contribution in [3.05, 3.63) is 29.8 Å². The third kappa shape index (κ3) is 3.48. The molecular formula is C23H33N3O4. The zero-order valence-electron chi connectivity index (χ0n) is 18.3. The number of carbonyl (C=O) groups is 2. The highest BCUT2D eigenvalue weighted by atomic mass is 16.5. The van der Waals surface area contributed by atoms with Gasteiger partial charge >= 0.3 is 0 Å². The third-order valence-corrected chi connectivity index (χ3v) is 7.37. The van der Waals surface area contributed by atoms with E-state index in [-0.39, 0.29) is 17.4 Å². The van der Waals surface area contributed by atoms with Crippen molar-refractivity contribution in [1.29, 1.82) is 0 Å². The fourth-order valence-corrected chi connectivity index (χ4v) is 5.85. The highest BCUT2D eigenvalue weighted by molar-refractivity contribution is 5.94. The smallest absolute Gasteiger partial charge is 0.253 e. The van der Waals surface area contributed by atoms with Gasteiger partial charge in [-0.3, -0.25) is 14.5 Å². The van der Waals surface area contributed by atoms with E-state index in [0.29, 0.717) is 42.8 Å². The molecule has 2 amide bonds. The molecular weight excluding hydrogens is 382 g/mol. The van der Waals surface area contributed by atoms with Crippen LogP contribution in [0.2, 0.25) is 0 Å². The van der Waals surface area contributed by atoms with Gasteiger partial charge in [0.15, 0.2) is 0 Å². The fraction of sp³-hybridized carbons (Fsp3) is 0.652. The second-order valence-corrected chi connectivity index (χ2v) is 8.68. The number of hydrogen-bond donors (Lipinski definition) is 0. The maximum absolute atomic E-state index is 13.2. The van der Waals surface area contributed by atoms with Gasteiger partial charge in [0.25, 0.3) is 5.91 Å². The van der Waals surface area contributed by atoms with Crippen LogP contribution < -0.4 is 4.74 Å². The Bertz CT molecular complexity index is 790. The Morgan fingerprint density at radius 2 is 1.97 bits per heavy atom. The number of amides is 2. The summed E-state index contributed by atoms with van der Waals surface area (Å²) in [5.74, 6) is 1.46. The van der Waals surface area contributed by atoms with Gasteiger partial charge in [0.2, 0.25) is 5.91 Å². The quantitative estimate of drug-likeness (QED) is 0.708. The molecule has 164 valence electrons. The monoisotopic (exact) mass is 415 g/mol. The van der Waals surface area contributed by atoms with Crippen molar-refractivity contribution in [2.24, 2.45) is 11.8 Å². The molecule has 0 aliphatic carbocycles. The van der Waals surface area contributed by atoms with Gasteiger partial charge in [0, 0.05) is 57.9 Å². The van der Waals surface area contributed by atoms with E-state index in [2.05, 4.69) is 16.7 Å². The van der Waals surface area contributed by atoms with E-state index < -0.39 is 0 Å². The van der Waals surface area contributed by atoms with E-state index in [9.17, 15) is 9.59 Å². The summed E-state index contributed by atoms with van der Waals surface area (Å²) < 4.78 is 10.5. The van der Waals surface area contributed by atoms with Crippen LogP contribution in [0.1, 0.15) is 30.1 Å². The first-order valence-electron chi connectivity index (χ1n) is 11.0. The molecule has 0 aromatic heterocycles. The van der Waals surface area contributed by atoms with Crippen LogP contribution in [0.25, 0.3) is 0 Å². The van der Waals surface area contributed by atoms with Crippen molar-refractivity contribution in [3.8, 4) is 5.75 Å². The van der Waals surface area contributed by atoms with Gasteiger partial charge in [-0.2, -0.15) is 0 Å². The first-order chi connectivity index (χ1) is 14.5. The van der Waals surface area contributed by atoms with Crippen molar-refractivity contribution in [3.63, 3.8) is 0 Å². The van der Waals surface area contributed by atoms with Crippen LogP contribution in [0, 0.1) is 11.8 Å². The Balaban J connectivity index is 1.48. The first-order valence-corrected chi connectivity index (χ1v) is 11.0. The number of rotatable bonds is 6. The largest absolute Gasteiger partial charge is 0.497 e. The molecule has 30 heavy (non-hydrogen) atoms. The van der Waals surface area contributed by atoms with Crippen LogP contribution >= 0.6 is 0 Å². The molecule has 3 aliphatic rings. The molecule has 1 spiro atoms. The molecule has 4 rings (SSSR count). The minimum absolute atomic E-state index is 0.0424. The summed E-state index contributed by atoms with van der Waals surface area (Å²) in [4.78, 5) is 32.7. The second-order valence-electron chi connectivity index (χ2n) is 8.68. The zero-order valence-corrected chi connectivity index (χ0v) is 18.3. The molecule has 7 nitrogen and oxygen atoms in total. The average Bonchev–Trinajstić information content (AvgIpc) is 3.30. The topological polar surface area (TPSA) is 62.3 Å². The molecule has 0 saturated carbocycles. The number of likely N-dealkylation sites (tertiary alicyclic amines) is 3. The lowest BCUT2D eigenvalue weighted by Crippen LogP contribution is -2.57. The molecule has 7 heteroatoms. The lowest BCUT2D eigenvalue weighted by molar-refractivity contribution is -0.135. The highest BCUT2D eigenvalue weighted by Crippen LogP contribution is 2.49. The van der Waals surface area contributed by atoms with Crippen LogP contribution in [-0.2, 0) is 9.53 Å². The second kappa shape index (κ2) is 8.55. The molecule has 1 aromatic rings. The summed E-state index contributed by atoms with van der Waals surface area (Å²) >= 11 is 0. The molecule has 3 saturated heterocycles. The van der Waals surface area contributed by atoms with Crippen LogP contribution in [0.15, 0.2) is 24.3 Å². The lowest BCUT2D eigenvalue weighted by Gasteiger charge is -2.47. The Morgan fingerprint density at radius 1 is 1.20 bits per heavy atom. The Morgan fingerprint density at radius 3 is 2.63 bits per heavy atom. The minimum Gasteiger partial charge on any atom is -0.497 e. The molecule has 1 aromatic carbocycles. The Kier molecular flexibility index (Phi) is 6.02. The van der Waals surface area contributed by atoms with Gasteiger partial charge in [-0.25, -0.2) is 0 Å². The molecule has 0 radical (unpaired) electrons. The Labute approximate surface area is 178 Å². The van der Waals surface area contributed by atoms with Gasteiger partial charge in [0.05, 0.1) is 25.2 Å². The standard InChI is InChI=1S/C23H33N3O4/c1-4-26-22(28)19-15-24(12-13-29-2)16-20(19)23(26)8-10-25(11-9-23)21(27)17-6-5-7-18(14-17)30-3/h5-7,14,19-20H,4,8-13,15-16H2,1-3H3/t19-,20+/m0/s1. The van der Waals surface area contributed by atoms with Crippen LogP contribution in [0.4, 0.5) is 0 Å². The van der Waals surface area contributed by atoms with Crippen LogP contribution in [-0.4, -0.2) is 92.1 Å². The summed E-state index contributed by atoms with van der Waals surface area (Å²) in [6.07, 6.45) is 1.70. The summed E-state index contributed by atoms with van der Waals surface area (Å²) in [6.45, 7) is 7.53. The molecule has 3 heterocycles. The molecule has 3 aliphatic heterocycles. The Hall–Kier alpha value is -2.12. The van der Waals surface area contributed by atoms with E-state index in [1.54, 1.807) is 20.3 Å². The summed E-state index contributed by atoms with van der Waals surface area (Å²) in [5.41, 5.74) is 0.536. The highest BCUT2D eigenvalue weighted by Gasteiger charge is 2.61. The summed E-state index contributed by atoms with van der Waals surface area (Å²) in [5, 5.41) is 0. The number of nitrogens with zero attached hydrogens (tertiary/aromatic N) is 3. The summed E-state index contributed by atoms with van der Waals surface area (Å²) in [6, 6.07) is 7.34. The van der Waals surface area contributed by atoms with Crippen molar-refractivity contribution in [2.45, 2.75) is 25.3 Å². The number of fused-ring (bicyclic) bond motifs is 2. The van der Waals surface area contributed by atoms with E-state index in [1.165, 1.54) is 0 Å². The molecule has 2 atom stereocenters. The first kappa shape index (κ1) is 21.1. The predicted molar refractivity (Wildman–Crippen MR) is 114 cm³/mol. The van der Waals surface area contributed by atoms with Gasteiger partial charge in [0.1, 0.15) is 5.75 Å². The van der Waals surface area contributed by atoms with Crippen LogP contribution in [0.3, 0.4) is 0 Å². The maximum atomic E-state index is 13.2. The van der Waals surface area contributed by atoms with Crippen LogP contribution in [0.5, 0.6) is 5.75 Å². The number of methoxy groups -OCH3 is 2. The van der Waals surface area contributed by atoms with E-state index >= 15 is 0 Å². The van der Waals surface area contributed by atoms with Crippen molar-refractivity contribution < 1.29 is 19.1 Å². The molecule has 3 fully saturated rings. The zero-order chi connectivity index (χ0) is 21.3. The van der Waals surface area contributed by atoms with Crippen molar-refractivity contribution >= 4 is 11.8 Å². The van der Waals surface area contributed by atoms with Crippen molar-refractivity contribution in [2.75, 3.05) is 60.1 Å². The lowest BCUT2D eigenvalue weighted by atomic mass is 9.74. The number of carbonyl (C=O) groups excluding carboxylic acids is 2. The maximum Gasteiger partial charge on any atom is 0.253 e.